The maximum absolute atomic E-state index is 11.9. The van der Waals surface area contributed by atoms with Gasteiger partial charge in [-0.3, -0.25) is 14.9 Å². The highest BCUT2D eigenvalue weighted by molar-refractivity contribution is 5.98. The molecule has 2 heterocycles. The molecule has 3 rings (SSSR count). The SMILES string of the molecule is CC(=O)C1=C(C)NC(=O)N[C@H]1c1ccc(-c2ccc([N+](=O)[O-])cc2)o1. The number of nitrogens with zero attached hydrogens (tertiary/aromatic N) is 1. The minimum absolute atomic E-state index is 0.0152. The Morgan fingerprint density at radius 1 is 1.20 bits per heavy atom. The number of nitrogens with one attached hydrogen (secondary N) is 2. The summed E-state index contributed by atoms with van der Waals surface area (Å²) < 4.78 is 5.79. The number of amides is 2. The summed E-state index contributed by atoms with van der Waals surface area (Å²) in [6.45, 7) is 3.08. The summed E-state index contributed by atoms with van der Waals surface area (Å²) in [6, 6.07) is 8.19. The van der Waals surface area contributed by atoms with Crippen LogP contribution in [0.25, 0.3) is 11.3 Å². The summed E-state index contributed by atoms with van der Waals surface area (Å²) in [5, 5.41) is 16.0. The van der Waals surface area contributed by atoms with Crippen molar-refractivity contribution >= 4 is 17.5 Å². The van der Waals surface area contributed by atoms with Gasteiger partial charge in [0.25, 0.3) is 5.69 Å². The van der Waals surface area contributed by atoms with Crippen LogP contribution in [0.3, 0.4) is 0 Å². The molecule has 1 atom stereocenters. The molecule has 0 radical (unpaired) electrons. The standard InChI is InChI=1S/C17H15N3O5/c1-9-15(10(2)21)16(19-17(22)18-9)14-8-7-13(25-14)11-3-5-12(6-4-11)20(23)24/h3-8,16H,1-2H3,(H2,18,19,22)/t16-/m0/s1. The minimum atomic E-state index is -0.682. The number of non-ortho nitro benzene ring substituents is 1. The number of nitro benzene ring substituents is 1. The lowest BCUT2D eigenvalue weighted by Gasteiger charge is -2.26. The zero-order chi connectivity index (χ0) is 18.1. The number of rotatable bonds is 4. The van der Waals surface area contributed by atoms with E-state index in [1.165, 1.54) is 19.1 Å². The molecule has 0 fully saturated rings. The molecule has 8 nitrogen and oxygen atoms in total. The molecule has 2 aromatic rings. The van der Waals surface area contributed by atoms with Gasteiger partial charge in [-0.2, -0.15) is 0 Å². The lowest BCUT2D eigenvalue weighted by atomic mass is 9.97. The van der Waals surface area contributed by atoms with Crippen molar-refractivity contribution in [3.63, 3.8) is 0 Å². The number of nitro groups is 1. The summed E-state index contributed by atoms with van der Waals surface area (Å²) in [6.07, 6.45) is 0. The van der Waals surface area contributed by atoms with Crippen LogP contribution in [0, 0.1) is 10.1 Å². The molecule has 0 bridgehead atoms. The first-order valence-corrected chi connectivity index (χ1v) is 7.50. The van der Waals surface area contributed by atoms with Crippen LogP contribution >= 0.6 is 0 Å². The zero-order valence-corrected chi connectivity index (χ0v) is 13.5. The zero-order valence-electron chi connectivity index (χ0n) is 13.5. The average molecular weight is 341 g/mol. The highest BCUT2D eigenvalue weighted by Crippen LogP contribution is 2.32. The Balaban J connectivity index is 1.95. The van der Waals surface area contributed by atoms with Crippen molar-refractivity contribution in [2.75, 3.05) is 0 Å². The minimum Gasteiger partial charge on any atom is -0.459 e. The van der Waals surface area contributed by atoms with E-state index >= 15 is 0 Å². The van der Waals surface area contributed by atoms with Crippen LogP contribution in [0.15, 0.2) is 52.1 Å². The van der Waals surface area contributed by atoms with Crippen LogP contribution in [-0.4, -0.2) is 16.7 Å². The lowest BCUT2D eigenvalue weighted by molar-refractivity contribution is -0.384. The van der Waals surface area contributed by atoms with Crippen LogP contribution in [0.2, 0.25) is 0 Å². The Morgan fingerprint density at radius 2 is 1.88 bits per heavy atom. The monoisotopic (exact) mass is 341 g/mol. The number of benzene rings is 1. The molecular weight excluding hydrogens is 326 g/mol. The first-order chi connectivity index (χ1) is 11.9. The van der Waals surface area contributed by atoms with Crippen LogP contribution in [-0.2, 0) is 4.79 Å². The van der Waals surface area contributed by atoms with Gasteiger partial charge in [-0.15, -0.1) is 0 Å². The van der Waals surface area contributed by atoms with E-state index < -0.39 is 17.0 Å². The topological polar surface area (TPSA) is 114 Å². The first kappa shape index (κ1) is 16.4. The van der Waals surface area contributed by atoms with Crippen molar-refractivity contribution < 1.29 is 18.9 Å². The third-order valence-electron chi connectivity index (χ3n) is 3.92. The van der Waals surface area contributed by atoms with Gasteiger partial charge in [0.05, 0.1) is 4.92 Å². The molecule has 25 heavy (non-hydrogen) atoms. The van der Waals surface area contributed by atoms with E-state index in [0.717, 1.165) is 0 Å². The van der Waals surface area contributed by atoms with E-state index in [4.69, 9.17) is 4.42 Å². The van der Waals surface area contributed by atoms with Crippen molar-refractivity contribution in [1.82, 2.24) is 10.6 Å². The highest BCUT2D eigenvalue weighted by atomic mass is 16.6. The van der Waals surface area contributed by atoms with Crippen molar-refractivity contribution in [2.45, 2.75) is 19.9 Å². The lowest BCUT2D eigenvalue weighted by Crippen LogP contribution is -2.44. The highest BCUT2D eigenvalue weighted by Gasteiger charge is 2.31. The molecule has 0 spiro atoms. The van der Waals surface area contributed by atoms with E-state index in [9.17, 15) is 19.7 Å². The molecule has 0 saturated carbocycles. The van der Waals surface area contributed by atoms with Gasteiger partial charge in [0, 0.05) is 29.0 Å². The quantitative estimate of drug-likeness (QED) is 0.655. The molecule has 1 aliphatic rings. The van der Waals surface area contributed by atoms with Crippen LogP contribution in [0.5, 0.6) is 0 Å². The van der Waals surface area contributed by atoms with Gasteiger partial charge < -0.3 is 15.1 Å². The number of carbonyl (C=O) groups excluding carboxylic acids is 2. The fourth-order valence-electron chi connectivity index (χ4n) is 2.78. The number of furan rings is 1. The first-order valence-electron chi connectivity index (χ1n) is 7.50. The molecule has 0 saturated heterocycles. The second-order valence-electron chi connectivity index (χ2n) is 5.63. The normalized spacial score (nSPS) is 17.0. The summed E-state index contributed by atoms with van der Waals surface area (Å²) in [5.74, 6) is 0.717. The number of hydrogen-bond acceptors (Lipinski definition) is 5. The maximum Gasteiger partial charge on any atom is 0.319 e. The Hall–Kier alpha value is -3.42. The smallest absolute Gasteiger partial charge is 0.319 e. The maximum atomic E-state index is 11.9. The molecule has 0 aliphatic carbocycles. The summed E-state index contributed by atoms with van der Waals surface area (Å²) >= 11 is 0. The molecule has 2 N–H and O–H groups in total. The van der Waals surface area contributed by atoms with Crippen molar-refractivity contribution in [3.8, 4) is 11.3 Å². The van der Waals surface area contributed by atoms with Gasteiger partial charge >= 0.3 is 6.03 Å². The van der Waals surface area contributed by atoms with Gasteiger partial charge in [0.15, 0.2) is 5.78 Å². The predicted molar refractivity (Wildman–Crippen MR) is 88.6 cm³/mol. The molecule has 1 aromatic heterocycles. The van der Waals surface area contributed by atoms with E-state index in [2.05, 4.69) is 10.6 Å². The van der Waals surface area contributed by atoms with E-state index in [1.807, 2.05) is 0 Å². The van der Waals surface area contributed by atoms with Gasteiger partial charge in [-0.25, -0.2) is 4.79 Å². The largest absolute Gasteiger partial charge is 0.459 e. The second kappa shape index (κ2) is 6.23. The number of carbonyl (C=O) groups is 2. The summed E-state index contributed by atoms with van der Waals surface area (Å²) in [4.78, 5) is 33.9. The second-order valence-corrected chi connectivity index (χ2v) is 5.63. The summed E-state index contributed by atoms with van der Waals surface area (Å²) in [5.41, 5.74) is 1.54. The van der Waals surface area contributed by atoms with Crippen LogP contribution in [0.4, 0.5) is 10.5 Å². The molecule has 1 aliphatic heterocycles. The fourth-order valence-corrected chi connectivity index (χ4v) is 2.78. The Bertz CT molecular complexity index is 895. The van der Waals surface area contributed by atoms with Gasteiger partial charge in [-0.05, 0) is 38.1 Å². The Kier molecular flexibility index (Phi) is 4.10. The van der Waals surface area contributed by atoms with Crippen molar-refractivity contribution in [3.05, 3.63) is 63.5 Å². The molecular formula is C17H15N3O5. The average Bonchev–Trinajstić information content (AvgIpc) is 3.03. The number of ketones is 1. The molecule has 128 valence electrons. The van der Waals surface area contributed by atoms with Crippen molar-refractivity contribution in [2.24, 2.45) is 0 Å². The third kappa shape index (κ3) is 3.14. The third-order valence-corrected chi connectivity index (χ3v) is 3.92. The number of hydrogen-bond donors (Lipinski definition) is 2. The van der Waals surface area contributed by atoms with Crippen LogP contribution in [0.1, 0.15) is 25.6 Å². The van der Waals surface area contributed by atoms with Crippen molar-refractivity contribution in [1.29, 1.82) is 0 Å². The molecule has 1 aromatic carbocycles. The van der Waals surface area contributed by atoms with E-state index in [0.29, 0.717) is 28.4 Å². The van der Waals surface area contributed by atoms with Gasteiger partial charge in [0.2, 0.25) is 0 Å². The molecule has 8 heteroatoms. The van der Waals surface area contributed by atoms with Gasteiger partial charge in [-0.1, -0.05) is 0 Å². The number of urea groups is 1. The fraction of sp³-hybridized carbons (Fsp3) is 0.176. The Labute approximate surface area is 142 Å². The van der Waals surface area contributed by atoms with Crippen LogP contribution < -0.4 is 10.6 Å². The molecule has 0 unspecified atom stereocenters. The number of allylic oxidation sites excluding steroid dienone is 1. The Morgan fingerprint density at radius 3 is 2.48 bits per heavy atom. The van der Waals surface area contributed by atoms with E-state index in [-0.39, 0.29) is 11.5 Å². The predicted octanol–water partition coefficient (Wildman–Crippen LogP) is 3.07. The molecule has 2 amide bonds. The van der Waals surface area contributed by atoms with Gasteiger partial charge in [0.1, 0.15) is 17.6 Å². The van der Waals surface area contributed by atoms with E-state index in [1.54, 1.807) is 31.2 Å². The summed E-state index contributed by atoms with van der Waals surface area (Å²) in [7, 11) is 0. The number of Topliss-reactive ketones (excluding diaryl/α,β-unsaturated/α-hetero) is 1.